The molecule has 0 bridgehead atoms. The third kappa shape index (κ3) is 4.68. The minimum Gasteiger partial charge on any atom is -0.325 e. The molecule has 1 heterocycles. The van der Waals surface area contributed by atoms with Gasteiger partial charge in [0, 0.05) is 11.4 Å². The van der Waals surface area contributed by atoms with Gasteiger partial charge in [0.2, 0.25) is 5.91 Å². The number of hydrogen-bond donors (Lipinski definition) is 2. The van der Waals surface area contributed by atoms with Crippen LogP contribution in [0.3, 0.4) is 0 Å². The second-order valence-corrected chi connectivity index (χ2v) is 8.90. The fraction of sp³-hybridized carbons (Fsp3) is 0.0870. The molecule has 4 rings (SSSR count). The van der Waals surface area contributed by atoms with E-state index in [1.54, 1.807) is 60.7 Å². The fourth-order valence-electron chi connectivity index (χ4n) is 3.18. The molecule has 3 aromatic carbocycles. The van der Waals surface area contributed by atoms with Gasteiger partial charge < -0.3 is 5.32 Å². The predicted octanol–water partition coefficient (Wildman–Crippen LogP) is 3.14. The van der Waals surface area contributed by atoms with Crippen molar-refractivity contribution in [3.8, 4) is 0 Å². The summed E-state index contributed by atoms with van der Waals surface area (Å²) in [6.07, 6.45) is 1.19. The normalized spacial score (nSPS) is 11.3. The lowest BCUT2D eigenvalue weighted by Crippen LogP contribution is -2.27. The molecule has 2 N–H and O–H groups in total. The van der Waals surface area contributed by atoms with E-state index >= 15 is 0 Å². The van der Waals surface area contributed by atoms with Gasteiger partial charge in [0.25, 0.3) is 15.6 Å². The molecule has 0 saturated carbocycles. The molecule has 0 radical (unpaired) electrons. The summed E-state index contributed by atoms with van der Waals surface area (Å²) >= 11 is 0. The van der Waals surface area contributed by atoms with Crippen LogP contribution in [0.25, 0.3) is 11.0 Å². The highest BCUT2D eigenvalue weighted by atomic mass is 32.2. The first-order valence-electron chi connectivity index (χ1n) is 9.76. The van der Waals surface area contributed by atoms with E-state index in [4.69, 9.17) is 0 Å². The molecule has 8 nitrogen and oxygen atoms in total. The van der Waals surface area contributed by atoms with Crippen LogP contribution in [-0.4, -0.2) is 23.9 Å². The molecule has 162 valence electrons. The third-order valence-electron chi connectivity index (χ3n) is 4.81. The Morgan fingerprint density at radius 1 is 0.938 bits per heavy atom. The van der Waals surface area contributed by atoms with Crippen LogP contribution in [0.2, 0.25) is 0 Å². The second kappa shape index (κ2) is 8.64. The number of carbonyl (C=O) groups is 1. The highest BCUT2D eigenvalue weighted by Crippen LogP contribution is 2.19. The van der Waals surface area contributed by atoms with E-state index in [0.717, 1.165) is 5.56 Å². The van der Waals surface area contributed by atoms with Gasteiger partial charge in [0.1, 0.15) is 6.54 Å². The number of carbonyl (C=O) groups excluding carboxylic acids is 1. The zero-order valence-corrected chi connectivity index (χ0v) is 18.0. The van der Waals surface area contributed by atoms with Crippen molar-refractivity contribution in [2.45, 2.75) is 18.4 Å². The summed E-state index contributed by atoms with van der Waals surface area (Å²) in [5.74, 6) is -0.392. The average Bonchev–Trinajstić information content (AvgIpc) is 2.77. The summed E-state index contributed by atoms with van der Waals surface area (Å²) in [5, 5.41) is 2.71. The Kier molecular flexibility index (Phi) is 5.74. The third-order valence-corrected chi connectivity index (χ3v) is 6.20. The van der Waals surface area contributed by atoms with E-state index in [1.165, 1.54) is 22.9 Å². The Labute approximate surface area is 184 Å². The number of aryl methyl sites for hydroxylation is 1. The number of para-hydroxylation sites is 2. The minimum absolute atomic E-state index is 0.162. The summed E-state index contributed by atoms with van der Waals surface area (Å²) in [6.45, 7) is 1.70. The quantitative estimate of drug-likeness (QED) is 0.471. The molecule has 9 heteroatoms. The van der Waals surface area contributed by atoms with Crippen LogP contribution in [0.5, 0.6) is 0 Å². The number of nitrogens with one attached hydrogen (secondary N) is 2. The Balaban J connectivity index is 1.45. The number of fused-ring (bicyclic) bond motifs is 1. The molecule has 0 fully saturated rings. The molecule has 0 aliphatic carbocycles. The Hall–Kier alpha value is -3.98. The molecule has 0 aliphatic heterocycles. The monoisotopic (exact) mass is 448 g/mol. The molecular formula is C23H20N4O4S. The van der Waals surface area contributed by atoms with Crippen molar-refractivity contribution in [3.63, 3.8) is 0 Å². The lowest BCUT2D eigenvalue weighted by Gasteiger charge is -2.11. The maximum absolute atomic E-state index is 12.5. The van der Waals surface area contributed by atoms with Gasteiger partial charge in [-0.25, -0.2) is 13.4 Å². The van der Waals surface area contributed by atoms with Gasteiger partial charge in [-0.05, 0) is 55.5 Å². The number of sulfonamides is 1. The minimum atomic E-state index is -3.71. The van der Waals surface area contributed by atoms with Gasteiger partial charge in [0.05, 0.1) is 22.1 Å². The Morgan fingerprint density at radius 3 is 2.31 bits per heavy atom. The zero-order chi connectivity index (χ0) is 22.7. The zero-order valence-electron chi connectivity index (χ0n) is 17.1. The lowest BCUT2D eigenvalue weighted by molar-refractivity contribution is -0.116. The predicted molar refractivity (Wildman–Crippen MR) is 123 cm³/mol. The van der Waals surface area contributed by atoms with Crippen LogP contribution < -0.4 is 15.6 Å². The first-order valence-corrected chi connectivity index (χ1v) is 11.2. The van der Waals surface area contributed by atoms with Crippen molar-refractivity contribution < 1.29 is 13.2 Å². The molecular weight excluding hydrogens is 428 g/mol. The number of hydrogen-bond acceptors (Lipinski definition) is 5. The molecule has 0 saturated heterocycles. The largest absolute Gasteiger partial charge is 0.325 e. The number of nitrogens with zero attached hydrogens (tertiary/aromatic N) is 2. The van der Waals surface area contributed by atoms with Crippen LogP contribution in [0.4, 0.5) is 11.4 Å². The van der Waals surface area contributed by atoms with Crippen molar-refractivity contribution in [2.24, 2.45) is 0 Å². The van der Waals surface area contributed by atoms with E-state index in [1.807, 2.05) is 6.92 Å². The maximum atomic E-state index is 12.5. The van der Waals surface area contributed by atoms with E-state index in [9.17, 15) is 18.0 Å². The number of rotatable bonds is 6. The van der Waals surface area contributed by atoms with E-state index < -0.39 is 15.9 Å². The topological polar surface area (TPSA) is 110 Å². The van der Waals surface area contributed by atoms with E-state index in [-0.39, 0.29) is 17.0 Å². The van der Waals surface area contributed by atoms with Crippen LogP contribution in [0.15, 0.2) is 88.7 Å². The summed E-state index contributed by atoms with van der Waals surface area (Å²) in [7, 11) is -3.71. The first kappa shape index (κ1) is 21.3. The average molecular weight is 449 g/mol. The summed E-state index contributed by atoms with van der Waals surface area (Å²) < 4.78 is 28.9. The molecule has 0 unspecified atom stereocenters. The molecule has 0 spiro atoms. The summed E-state index contributed by atoms with van der Waals surface area (Å²) in [6, 6.07) is 19.9. The van der Waals surface area contributed by atoms with Crippen molar-refractivity contribution >= 4 is 38.3 Å². The number of amides is 1. The van der Waals surface area contributed by atoms with Crippen molar-refractivity contribution in [1.82, 2.24) is 9.55 Å². The molecule has 4 aromatic rings. The van der Waals surface area contributed by atoms with Gasteiger partial charge in [-0.1, -0.05) is 29.8 Å². The van der Waals surface area contributed by atoms with Gasteiger partial charge in [-0.3, -0.25) is 18.9 Å². The van der Waals surface area contributed by atoms with E-state index in [0.29, 0.717) is 22.4 Å². The SMILES string of the molecule is Cc1ccc(S(=O)(=O)Nc2ccc(NC(=O)Cn3c(=O)cnc4ccccc43)cc2)cc1. The van der Waals surface area contributed by atoms with Gasteiger partial charge >= 0.3 is 0 Å². The summed E-state index contributed by atoms with van der Waals surface area (Å²) in [4.78, 5) is 28.9. The van der Waals surface area contributed by atoms with Gasteiger partial charge in [0.15, 0.2) is 0 Å². The van der Waals surface area contributed by atoms with Crippen molar-refractivity contribution in [2.75, 3.05) is 10.0 Å². The van der Waals surface area contributed by atoms with Crippen LogP contribution in [0, 0.1) is 6.92 Å². The molecule has 1 aromatic heterocycles. The van der Waals surface area contributed by atoms with Gasteiger partial charge in [-0.15, -0.1) is 0 Å². The molecule has 1 amide bonds. The first-order chi connectivity index (χ1) is 15.3. The number of benzene rings is 3. The van der Waals surface area contributed by atoms with Crippen LogP contribution in [-0.2, 0) is 21.4 Å². The highest BCUT2D eigenvalue weighted by Gasteiger charge is 2.14. The van der Waals surface area contributed by atoms with Gasteiger partial charge in [-0.2, -0.15) is 0 Å². The molecule has 32 heavy (non-hydrogen) atoms. The number of aromatic nitrogens is 2. The summed E-state index contributed by atoms with van der Waals surface area (Å²) in [5.41, 5.74) is 2.60. The lowest BCUT2D eigenvalue weighted by atomic mass is 10.2. The molecule has 0 aliphatic rings. The van der Waals surface area contributed by atoms with Crippen molar-refractivity contribution in [1.29, 1.82) is 0 Å². The Morgan fingerprint density at radius 2 is 1.59 bits per heavy atom. The van der Waals surface area contributed by atoms with Crippen molar-refractivity contribution in [3.05, 3.63) is 94.9 Å². The smallest absolute Gasteiger partial charge is 0.269 e. The fourth-order valence-corrected chi connectivity index (χ4v) is 4.23. The second-order valence-electron chi connectivity index (χ2n) is 7.22. The van der Waals surface area contributed by atoms with Crippen LogP contribution in [0.1, 0.15) is 5.56 Å². The highest BCUT2D eigenvalue weighted by molar-refractivity contribution is 7.92. The standard InChI is InChI=1S/C23H20N4O4S/c1-16-6-12-19(13-7-16)32(30,31)26-18-10-8-17(9-11-18)25-22(28)15-27-21-5-3-2-4-20(21)24-14-23(27)29/h2-14,26H,15H2,1H3,(H,25,28). The number of anilines is 2. The molecule has 0 atom stereocenters. The Bertz CT molecular complexity index is 1440. The maximum Gasteiger partial charge on any atom is 0.269 e. The van der Waals surface area contributed by atoms with E-state index in [2.05, 4.69) is 15.0 Å². The van der Waals surface area contributed by atoms with Crippen LogP contribution >= 0.6 is 0 Å².